The number of nitrogens with zero attached hydrogens (tertiary/aromatic N) is 2. The second kappa shape index (κ2) is 6.75. The molecule has 0 bridgehead atoms. The molecule has 1 heterocycles. The van der Waals surface area contributed by atoms with Crippen molar-refractivity contribution >= 4 is 51.7 Å². The molecule has 2 aromatic carbocycles. The van der Waals surface area contributed by atoms with Crippen LogP contribution in [0.1, 0.15) is 5.56 Å². The minimum atomic E-state index is -0.347. The van der Waals surface area contributed by atoms with E-state index in [0.29, 0.717) is 14.9 Å². The number of thiocarbonyl (C=S) groups is 1. The third-order valence-corrected chi connectivity index (χ3v) is 4.89. The summed E-state index contributed by atoms with van der Waals surface area (Å²) in [6.45, 7) is 0. The van der Waals surface area contributed by atoms with E-state index in [-0.39, 0.29) is 11.7 Å². The van der Waals surface area contributed by atoms with E-state index in [4.69, 9.17) is 12.2 Å². The average molecular weight is 358 g/mol. The summed E-state index contributed by atoms with van der Waals surface area (Å²) in [6, 6.07) is 13.6. The molecule has 1 fully saturated rings. The van der Waals surface area contributed by atoms with Gasteiger partial charge >= 0.3 is 0 Å². The molecule has 122 valence electrons. The summed E-state index contributed by atoms with van der Waals surface area (Å²) in [5, 5.41) is 0. The van der Waals surface area contributed by atoms with Gasteiger partial charge in [0.1, 0.15) is 5.82 Å². The van der Waals surface area contributed by atoms with Crippen molar-refractivity contribution in [3.8, 4) is 0 Å². The predicted octanol–water partition coefficient (Wildman–Crippen LogP) is 4.30. The zero-order valence-corrected chi connectivity index (χ0v) is 14.8. The molecule has 0 aromatic heterocycles. The highest BCUT2D eigenvalue weighted by Gasteiger charge is 2.33. The topological polar surface area (TPSA) is 23.6 Å². The molecule has 0 spiro atoms. The molecule has 0 radical (unpaired) electrons. The first-order valence-electron chi connectivity index (χ1n) is 7.26. The number of benzene rings is 2. The third kappa shape index (κ3) is 3.34. The fraction of sp³-hybridized carbons (Fsp3) is 0.111. The van der Waals surface area contributed by atoms with Crippen LogP contribution in [0.2, 0.25) is 0 Å². The van der Waals surface area contributed by atoms with Crippen molar-refractivity contribution < 1.29 is 9.18 Å². The molecule has 1 aliphatic rings. The van der Waals surface area contributed by atoms with E-state index >= 15 is 0 Å². The van der Waals surface area contributed by atoms with Crippen molar-refractivity contribution in [2.45, 2.75) is 0 Å². The fourth-order valence-corrected chi connectivity index (χ4v) is 3.60. The van der Waals surface area contributed by atoms with Crippen molar-refractivity contribution in [3.63, 3.8) is 0 Å². The van der Waals surface area contributed by atoms with Gasteiger partial charge in [-0.15, -0.1) is 0 Å². The Labute approximate surface area is 149 Å². The molecule has 1 amide bonds. The van der Waals surface area contributed by atoms with Gasteiger partial charge in [-0.1, -0.05) is 36.1 Å². The minimum absolute atomic E-state index is 0.187. The lowest BCUT2D eigenvalue weighted by molar-refractivity contribution is -0.113. The molecule has 0 aliphatic carbocycles. The predicted molar refractivity (Wildman–Crippen MR) is 103 cm³/mol. The lowest BCUT2D eigenvalue weighted by atomic mass is 10.2. The molecular weight excluding hydrogens is 343 g/mol. The normalized spacial score (nSPS) is 16.1. The van der Waals surface area contributed by atoms with E-state index in [1.165, 1.54) is 28.8 Å². The van der Waals surface area contributed by atoms with Crippen LogP contribution in [0.25, 0.3) is 6.08 Å². The van der Waals surface area contributed by atoms with Crippen molar-refractivity contribution in [2.24, 2.45) is 0 Å². The molecule has 3 rings (SSSR count). The van der Waals surface area contributed by atoms with Crippen molar-refractivity contribution in [3.05, 3.63) is 64.8 Å². The maximum absolute atomic E-state index is 13.1. The lowest BCUT2D eigenvalue weighted by Gasteiger charge is -2.14. The highest BCUT2D eigenvalue weighted by molar-refractivity contribution is 8.27. The highest BCUT2D eigenvalue weighted by atomic mass is 32.2. The molecule has 1 aliphatic heterocycles. The van der Waals surface area contributed by atoms with Gasteiger partial charge in [-0.3, -0.25) is 9.69 Å². The summed E-state index contributed by atoms with van der Waals surface area (Å²) in [7, 11) is 3.95. The fourth-order valence-electron chi connectivity index (χ4n) is 2.30. The van der Waals surface area contributed by atoms with Crippen LogP contribution in [0.3, 0.4) is 0 Å². The van der Waals surface area contributed by atoms with Crippen molar-refractivity contribution in [1.82, 2.24) is 0 Å². The number of halogens is 1. The van der Waals surface area contributed by atoms with E-state index in [2.05, 4.69) is 0 Å². The van der Waals surface area contributed by atoms with Crippen LogP contribution in [0, 0.1) is 5.82 Å². The second-order valence-corrected chi connectivity index (χ2v) is 7.16. The Morgan fingerprint density at radius 1 is 1.08 bits per heavy atom. The van der Waals surface area contributed by atoms with Crippen LogP contribution in [0.15, 0.2) is 53.4 Å². The van der Waals surface area contributed by atoms with Gasteiger partial charge in [-0.05, 0) is 48.0 Å². The van der Waals surface area contributed by atoms with Crippen molar-refractivity contribution in [1.29, 1.82) is 0 Å². The van der Waals surface area contributed by atoms with Gasteiger partial charge in [-0.25, -0.2) is 4.39 Å². The Morgan fingerprint density at radius 3 is 2.29 bits per heavy atom. The SMILES string of the molecule is CN(C)c1ccc(/C=C2\SC(=S)N(c3ccc(F)cc3)C2=O)cc1. The summed E-state index contributed by atoms with van der Waals surface area (Å²) >= 11 is 6.56. The Morgan fingerprint density at radius 2 is 1.71 bits per heavy atom. The third-order valence-electron chi connectivity index (χ3n) is 3.59. The zero-order valence-electron chi connectivity index (χ0n) is 13.2. The van der Waals surface area contributed by atoms with Crippen LogP contribution in [-0.2, 0) is 4.79 Å². The number of carbonyl (C=O) groups excluding carboxylic acids is 1. The molecule has 0 N–H and O–H groups in total. The lowest BCUT2D eigenvalue weighted by Crippen LogP contribution is -2.27. The van der Waals surface area contributed by atoms with Crippen LogP contribution in [0.4, 0.5) is 15.8 Å². The monoisotopic (exact) mass is 358 g/mol. The molecule has 0 atom stereocenters. The van der Waals surface area contributed by atoms with Crippen LogP contribution >= 0.6 is 24.0 Å². The average Bonchev–Trinajstić information content (AvgIpc) is 2.83. The summed E-state index contributed by atoms with van der Waals surface area (Å²) < 4.78 is 13.5. The Balaban J connectivity index is 1.86. The van der Waals surface area contributed by atoms with Gasteiger partial charge in [0.05, 0.1) is 10.6 Å². The van der Waals surface area contributed by atoms with Gasteiger partial charge in [0, 0.05) is 19.8 Å². The Hall–Kier alpha value is -2.18. The van der Waals surface area contributed by atoms with Gasteiger partial charge in [0.25, 0.3) is 5.91 Å². The van der Waals surface area contributed by atoms with Gasteiger partial charge in [0.2, 0.25) is 0 Å². The van der Waals surface area contributed by atoms with E-state index in [1.54, 1.807) is 12.1 Å². The number of thioether (sulfide) groups is 1. The molecule has 0 saturated carbocycles. The molecule has 0 unspecified atom stereocenters. The Kier molecular flexibility index (Phi) is 4.69. The summed E-state index contributed by atoms with van der Waals surface area (Å²) in [5.74, 6) is -0.533. The first kappa shape index (κ1) is 16.7. The quantitative estimate of drug-likeness (QED) is 0.603. The number of amides is 1. The number of hydrogen-bond acceptors (Lipinski definition) is 4. The van der Waals surface area contributed by atoms with Gasteiger partial charge in [0.15, 0.2) is 4.32 Å². The summed E-state index contributed by atoms with van der Waals surface area (Å²) in [5.41, 5.74) is 2.59. The first-order chi connectivity index (χ1) is 11.5. The molecule has 3 nitrogen and oxygen atoms in total. The zero-order chi connectivity index (χ0) is 17.3. The van der Waals surface area contributed by atoms with Crippen molar-refractivity contribution in [2.75, 3.05) is 23.9 Å². The number of hydrogen-bond donors (Lipinski definition) is 0. The van der Waals surface area contributed by atoms with E-state index < -0.39 is 0 Å². The molecular formula is C18H15FN2OS2. The number of rotatable bonds is 3. The second-order valence-electron chi connectivity index (χ2n) is 5.48. The molecule has 2 aromatic rings. The molecule has 6 heteroatoms. The summed E-state index contributed by atoms with van der Waals surface area (Å²) in [6.07, 6.45) is 1.82. The van der Waals surface area contributed by atoms with Crippen LogP contribution in [0.5, 0.6) is 0 Å². The van der Waals surface area contributed by atoms with E-state index in [9.17, 15) is 9.18 Å². The van der Waals surface area contributed by atoms with Crippen LogP contribution < -0.4 is 9.80 Å². The summed E-state index contributed by atoms with van der Waals surface area (Å²) in [4.78, 5) is 16.6. The van der Waals surface area contributed by atoms with Gasteiger partial charge in [-0.2, -0.15) is 0 Å². The Bertz CT molecular complexity index is 814. The number of carbonyl (C=O) groups is 1. The smallest absolute Gasteiger partial charge is 0.270 e. The highest BCUT2D eigenvalue weighted by Crippen LogP contribution is 2.36. The van der Waals surface area contributed by atoms with E-state index in [0.717, 1.165) is 11.3 Å². The molecule has 1 saturated heterocycles. The maximum atomic E-state index is 13.1. The molecule has 24 heavy (non-hydrogen) atoms. The maximum Gasteiger partial charge on any atom is 0.270 e. The standard InChI is InChI=1S/C18H15FN2OS2/c1-20(2)14-7-3-12(4-8-14)11-16-17(22)21(18(23)24-16)15-9-5-13(19)6-10-15/h3-11H,1-2H3/b16-11-. The minimum Gasteiger partial charge on any atom is -0.378 e. The van der Waals surface area contributed by atoms with E-state index in [1.807, 2.05) is 49.3 Å². The number of anilines is 2. The first-order valence-corrected chi connectivity index (χ1v) is 8.49. The van der Waals surface area contributed by atoms with Gasteiger partial charge < -0.3 is 4.90 Å². The van der Waals surface area contributed by atoms with Crippen LogP contribution in [-0.4, -0.2) is 24.3 Å². The largest absolute Gasteiger partial charge is 0.378 e.